The molecule has 19 heavy (non-hydrogen) atoms. The summed E-state index contributed by atoms with van der Waals surface area (Å²) in [4.78, 5) is 1.43. The van der Waals surface area contributed by atoms with Crippen LogP contribution in [0, 0.1) is 0 Å². The van der Waals surface area contributed by atoms with Gasteiger partial charge in [-0.3, -0.25) is 0 Å². The predicted octanol–water partition coefficient (Wildman–Crippen LogP) is 2.84. The zero-order valence-electron chi connectivity index (χ0n) is 10.0. The highest BCUT2D eigenvalue weighted by atomic mass is 35.5. The molecule has 1 aliphatic heterocycles. The Hall–Kier alpha value is -1.72. The van der Waals surface area contributed by atoms with Crippen LogP contribution in [0.25, 0.3) is 6.08 Å². The van der Waals surface area contributed by atoms with E-state index in [1.54, 1.807) is 12.1 Å². The van der Waals surface area contributed by atoms with Crippen LogP contribution in [0.5, 0.6) is 0 Å². The molecular weight excluding hydrogens is 285 g/mol. The number of allylic oxidation sites excluding steroid dienone is 1. The van der Waals surface area contributed by atoms with Crippen LogP contribution in [-0.2, 0) is 6.42 Å². The fourth-order valence-corrected chi connectivity index (χ4v) is 2.37. The highest BCUT2D eigenvalue weighted by Crippen LogP contribution is 2.28. The summed E-state index contributed by atoms with van der Waals surface area (Å²) in [5, 5.41) is 16.8. The van der Waals surface area contributed by atoms with E-state index >= 15 is 0 Å². The average molecular weight is 294 g/mol. The van der Waals surface area contributed by atoms with Gasteiger partial charge in [-0.25, -0.2) is 0 Å². The summed E-state index contributed by atoms with van der Waals surface area (Å²) in [5.41, 5.74) is 2.63. The molecule has 96 valence electrons. The minimum Gasteiger partial charge on any atom is -0.152 e. The minimum absolute atomic E-state index is 0.601. The Morgan fingerprint density at radius 2 is 2.00 bits per heavy atom. The van der Waals surface area contributed by atoms with Gasteiger partial charge >= 0.3 is 0 Å². The molecule has 0 amide bonds. The predicted molar refractivity (Wildman–Crippen MR) is 74.5 cm³/mol. The van der Waals surface area contributed by atoms with Gasteiger partial charge in [-0.1, -0.05) is 29.3 Å². The molecule has 1 aliphatic rings. The summed E-state index contributed by atoms with van der Waals surface area (Å²) < 4.78 is 0. The van der Waals surface area contributed by atoms with Crippen molar-refractivity contribution in [3.8, 4) is 0 Å². The second-order valence-electron chi connectivity index (χ2n) is 4.15. The number of benzene rings is 1. The van der Waals surface area contributed by atoms with Crippen molar-refractivity contribution < 1.29 is 0 Å². The fraction of sp³-hybridized carbons (Fsp3) is 0.167. The summed E-state index contributed by atoms with van der Waals surface area (Å²) in [6.07, 6.45) is 2.53. The first kappa shape index (κ1) is 12.3. The number of fused-ring (bicyclic) bond motifs is 1. The standard InChI is InChI=1S/C12H9Cl2N5/c1-7-8(6-12-15-17-18-19(12)16-7)5-9-10(13)3-2-4-11(9)14/h2-5H,6H2,1H3/b8-5+. The smallest absolute Gasteiger partial charge is 0.152 e. The first-order chi connectivity index (χ1) is 9.15. The van der Waals surface area contributed by atoms with E-state index in [0.717, 1.165) is 16.8 Å². The topological polar surface area (TPSA) is 56.0 Å². The lowest BCUT2D eigenvalue weighted by Crippen LogP contribution is -2.15. The van der Waals surface area contributed by atoms with Gasteiger partial charge in [-0.2, -0.15) is 5.10 Å². The van der Waals surface area contributed by atoms with Crippen LogP contribution in [0.2, 0.25) is 10.0 Å². The van der Waals surface area contributed by atoms with Crippen molar-refractivity contribution in [1.29, 1.82) is 0 Å². The third-order valence-corrected chi connectivity index (χ3v) is 3.55. The Balaban J connectivity index is 2.06. The minimum atomic E-state index is 0.601. The molecule has 1 aromatic heterocycles. The van der Waals surface area contributed by atoms with Crippen LogP contribution < -0.4 is 0 Å². The number of tetrazole rings is 1. The monoisotopic (exact) mass is 293 g/mol. The molecule has 0 atom stereocenters. The van der Waals surface area contributed by atoms with Crippen molar-refractivity contribution in [2.24, 2.45) is 5.10 Å². The van der Waals surface area contributed by atoms with Crippen molar-refractivity contribution in [1.82, 2.24) is 20.3 Å². The molecule has 0 saturated carbocycles. The van der Waals surface area contributed by atoms with E-state index in [9.17, 15) is 0 Å². The van der Waals surface area contributed by atoms with Gasteiger partial charge < -0.3 is 0 Å². The number of aromatic nitrogens is 4. The molecule has 0 aliphatic carbocycles. The number of nitrogens with zero attached hydrogens (tertiary/aromatic N) is 5. The maximum absolute atomic E-state index is 6.16. The van der Waals surface area contributed by atoms with E-state index in [4.69, 9.17) is 23.2 Å². The third-order valence-electron chi connectivity index (χ3n) is 2.89. The first-order valence-electron chi connectivity index (χ1n) is 5.63. The Kier molecular flexibility index (Phi) is 3.08. The number of halogens is 2. The quantitative estimate of drug-likeness (QED) is 0.812. The van der Waals surface area contributed by atoms with Gasteiger partial charge in [-0.15, -0.1) is 9.89 Å². The van der Waals surface area contributed by atoms with Gasteiger partial charge in [0.05, 0.1) is 5.71 Å². The highest BCUT2D eigenvalue weighted by Gasteiger charge is 2.17. The summed E-state index contributed by atoms with van der Waals surface area (Å²) in [6, 6.07) is 5.42. The van der Waals surface area contributed by atoms with E-state index in [0.29, 0.717) is 22.3 Å². The fourth-order valence-electron chi connectivity index (χ4n) is 1.87. The first-order valence-corrected chi connectivity index (χ1v) is 6.38. The maximum atomic E-state index is 6.16. The summed E-state index contributed by atoms with van der Waals surface area (Å²) in [7, 11) is 0. The second-order valence-corrected chi connectivity index (χ2v) is 4.97. The molecule has 3 rings (SSSR count). The highest BCUT2D eigenvalue weighted by molar-refractivity contribution is 6.37. The zero-order valence-corrected chi connectivity index (χ0v) is 11.5. The van der Waals surface area contributed by atoms with Gasteiger partial charge in [0, 0.05) is 22.0 Å². The Bertz CT molecular complexity index is 682. The number of hydrogen-bond acceptors (Lipinski definition) is 4. The van der Waals surface area contributed by atoms with E-state index in [1.165, 1.54) is 4.79 Å². The number of rotatable bonds is 1. The molecule has 2 heterocycles. The van der Waals surface area contributed by atoms with Gasteiger partial charge in [-0.05, 0) is 41.1 Å². The third kappa shape index (κ3) is 2.27. The molecule has 7 heteroatoms. The molecule has 0 spiro atoms. The summed E-state index contributed by atoms with van der Waals surface area (Å²) in [5.74, 6) is 0.694. The van der Waals surface area contributed by atoms with Gasteiger partial charge in [0.1, 0.15) is 0 Å². The molecule has 0 fully saturated rings. The van der Waals surface area contributed by atoms with Crippen molar-refractivity contribution in [2.75, 3.05) is 0 Å². The maximum Gasteiger partial charge on any atom is 0.181 e. The van der Waals surface area contributed by atoms with Crippen LogP contribution in [0.3, 0.4) is 0 Å². The van der Waals surface area contributed by atoms with Crippen molar-refractivity contribution >= 4 is 35.0 Å². The molecular formula is C12H9Cl2N5. The van der Waals surface area contributed by atoms with Crippen molar-refractivity contribution in [3.05, 3.63) is 45.2 Å². The molecule has 0 radical (unpaired) electrons. The van der Waals surface area contributed by atoms with Crippen molar-refractivity contribution in [3.63, 3.8) is 0 Å². The van der Waals surface area contributed by atoms with Crippen LogP contribution in [0.15, 0.2) is 28.9 Å². The summed E-state index contributed by atoms with van der Waals surface area (Å²) in [6.45, 7) is 1.90. The summed E-state index contributed by atoms with van der Waals surface area (Å²) >= 11 is 12.3. The lowest BCUT2D eigenvalue weighted by atomic mass is 10.0. The Morgan fingerprint density at radius 1 is 1.26 bits per heavy atom. The number of hydrogen-bond donors (Lipinski definition) is 0. The van der Waals surface area contributed by atoms with Gasteiger partial charge in [0.25, 0.3) is 0 Å². The van der Waals surface area contributed by atoms with Gasteiger partial charge in [0.2, 0.25) is 0 Å². The van der Waals surface area contributed by atoms with E-state index in [2.05, 4.69) is 20.6 Å². The molecule has 0 bridgehead atoms. The van der Waals surface area contributed by atoms with Crippen molar-refractivity contribution in [2.45, 2.75) is 13.3 Å². The largest absolute Gasteiger partial charge is 0.181 e. The van der Waals surface area contributed by atoms with E-state index in [-0.39, 0.29) is 0 Å². The molecule has 1 aromatic carbocycles. The second kappa shape index (κ2) is 4.75. The molecule has 0 unspecified atom stereocenters. The zero-order chi connectivity index (χ0) is 13.4. The lowest BCUT2D eigenvalue weighted by Gasteiger charge is -2.12. The average Bonchev–Trinajstić information content (AvgIpc) is 2.81. The van der Waals surface area contributed by atoms with E-state index < -0.39 is 0 Å². The van der Waals surface area contributed by atoms with Crippen LogP contribution in [0.1, 0.15) is 18.3 Å². The van der Waals surface area contributed by atoms with Crippen LogP contribution in [0.4, 0.5) is 0 Å². The molecule has 5 nitrogen and oxygen atoms in total. The SMILES string of the molecule is CC1=Nn2nnnc2C/C1=C\c1c(Cl)cccc1Cl. The normalized spacial score (nSPS) is 16.4. The van der Waals surface area contributed by atoms with E-state index in [1.807, 2.05) is 19.1 Å². The Labute approximate surface area is 119 Å². The van der Waals surface area contributed by atoms with Crippen LogP contribution >= 0.6 is 23.2 Å². The molecule has 0 saturated heterocycles. The lowest BCUT2D eigenvalue weighted by molar-refractivity contribution is 0.655. The van der Waals surface area contributed by atoms with Crippen LogP contribution in [-0.4, -0.2) is 26.0 Å². The molecule has 2 aromatic rings. The Morgan fingerprint density at radius 3 is 2.74 bits per heavy atom. The van der Waals surface area contributed by atoms with Gasteiger partial charge in [0.15, 0.2) is 5.82 Å². The molecule has 0 N–H and O–H groups in total.